The van der Waals surface area contributed by atoms with E-state index in [0.717, 1.165) is 43.1 Å². The van der Waals surface area contributed by atoms with E-state index in [4.69, 9.17) is 0 Å². The number of anilines is 1. The molecule has 28 heavy (non-hydrogen) atoms. The first-order valence-corrected chi connectivity index (χ1v) is 9.96. The molecule has 3 rings (SSSR count). The molecule has 0 atom stereocenters. The van der Waals surface area contributed by atoms with E-state index in [9.17, 15) is 4.79 Å². The molecular formula is C23H30N4O. The highest BCUT2D eigenvalue weighted by Gasteiger charge is 2.17. The molecule has 5 nitrogen and oxygen atoms in total. The van der Waals surface area contributed by atoms with Gasteiger partial charge in [-0.25, -0.2) is 4.98 Å². The zero-order valence-electron chi connectivity index (χ0n) is 17.1. The lowest BCUT2D eigenvalue weighted by molar-refractivity contribution is -0.116. The number of likely N-dealkylation sites (N-methyl/N-ethyl adjacent to an activating group) is 1. The van der Waals surface area contributed by atoms with E-state index >= 15 is 0 Å². The van der Waals surface area contributed by atoms with Crippen molar-refractivity contribution in [2.24, 2.45) is 0 Å². The Labute approximate surface area is 168 Å². The van der Waals surface area contributed by atoms with Gasteiger partial charge in [0.25, 0.3) is 0 Å². The molecule has 1 amide bonds. The van der Waals surface area contributed by atoms with Crippen LogP contribution in [0.3, 0.4) is 0 Å². The van der Waals surface area contributed by atoms with Crippen molar-refractivity contribution in [2.45, 2.75) is 26.3 Å². The Kier molecular flexibility index (Phi) is 6.82. The molecule has 0 aliphatic carbocycles. The van der Waals surface area contributed by atoms with E-state index in [2.05, 4.69) is 53.1 Å². The van der Waals surface area contributed by atoms with E-state index in [1.54, 1.807) is 6.08 Å². The lowest BCUT2D eigenvalue weighted by Crippen LogP contribution is -2.45. The lowest BCUT2D eigenvalue weighted by Gasteiger charge is -2.34. The number of nitrogens with one attached hydrogen (secondary N) is 1. The summed E-state index contributed by atoms with van der Waals surface area (Å²) in [6.07, 6.45) is 5.26. The van der Waals surface area contributed by atoms with Gasteiger partial charge in [0.05, 0.1) is 0 Å². The van der Waals surface area contributed by atoms with Crippen molar-refractivity contribution < 1.29 is 4.79 Å². The second-order valence-electron chi connectivity index (χ2n) is 7.65. The Balaban J connectivity index is 1.57. The molecule has 1 aromatic heterocycles. The minimum Gasteiger partial charge on any atom is -0.354 e. The first-order valence-electron chi connectivity index (χ1n) is 9.96. The number of pyridine rings is 1. The van der Waals surface area contributed by atoms with Crippen molar-refractivity contribution in [2.75, 3.05) is 38.1 Å². The van der Waals surface area contributed by atoms with Crippen LogP contribution in [0.5, 0.6) is 0 Å². The second kappa shape index (κ2) is 9.51. The molecule has 2 heterocycles. The summed E-state index contributed by atoms with van der Waals surface area (Å²) in [6, 6.07) is 12.3. The molecule has 0 saturated carbocycles. The van der Waals surface area contributed by atoms with E-state index in [1.165, 1.54) is 5.56 Å². The predicted molar refractivity (Wildman–Crippen MR) is 115 cm³/mol. The fourth-order valence-corrected chi connectivity index (χ4v) is 3.28. The van der Waals surface area contributed by atoms with Crippen LogP contribution in [0, 0.1) is 0 Å². The first kappa shape index (κ1) is 20.1. The van der Waals surface area contributed by atoms with Crippen LogP contribution in [0.2, 0.25) is 0 Å². The van der Waals surface area contributed by atoms with Crippen LogP contribution < -0.4 is 10.2 Å². The molecule has 1 fully saturated rings. The molecule has 0 spiro atoms. The molecule has 1 saturated heterocycles. The zero-order chi connectivity index (χ0) is 19.9. The van der Waals surface area contributed by atoms with Crippen molar-refractivity contribution in [1.29, 1.82) is 0 Å². The van der Waals surface area contributed by atoms with Gasteiger partial charge in [0.2, 0.25) is 5.91 Å². The minimum atomic E-state index is -0.0962. The van der Waals surface area contributed by atoms with Gasteiger partial charge in [-0.2, -0.15) is 0 Å². The molecule has 0 unspecified atom stereocenters. The monoisotopic (exact) mass is 378 g/mol. The third-order valence-corrected chi connectivity index (χ3v) is 5.15. The maximum absolute atomic E-state index is 12.3. The van der Waals surface area contributed by atoms with Crippen LogP contribution in [0.1, 0.15) is 36.5 Å². The summed E-state index contributed by atoms with van der Waals surface area (Å²) in [5.74, 6) is 1.39. The summed E-state index contributed by atoms with van der Waals surface area (Å²) < 4.78 is 0. The normalized spacial score (nSPS) is 15.4. The van der Waals surface area contributed by atoms with Crippen LogP contribution >= 0.6 is 0 Å². The average molecular weight is 379 g/mol. The van der Waals surface area contributed by atoms with Crippen molar-refractivity contribution in [3.8, 4) is 0 Å². The van der Waals surface area contributed by atoms with Crippen molar-refractivity contribution >= 4 is 17.8 Å². The van der Waals surface area contributed by atoms with Gasteiger partial charge in [0.1, 0.15) is 5.82 Å². The van der Waals surface area contributed by atoms with Gasteiger partial charge >= 0.3 is 0 Å². The van der Waals surface area contributed by atoms with E-state index in [-0.39, 0.29) is 5.91 Å². The number of amides is 1. The molecule has 1 aliphatic heterocycles. The van der Waals surface area contributed by atoms with Gasteiger partial charge in [-0.15, -0.1) is 0 Å². The predicted octanol–water partition coefficient (Wildman–Crippen LogP) is 3.29. The van der Waals surface area contributed by atoms with Crippen LogP contribution in [0.25, 0.3) is 6.08 Å². The number of hydrogen-bond donors (Lipinski definition) is 1. The number of rotatable bonds is 6. The first-order chi connectivity index (χ1) is 13.5. The lowest BCUT2D eigenvalue weighted by atomic mass is 10.0. The molecular weight excluding hydrogens is 348 g/mol. The number of carbonyl (C=O) groups is 1. The van der Waals surface area contributed by atoms with Crippen LogP contribution in [-0.4, -0.2) is 49.0 Å². The Morgan fingerprint density at radius 3 is 2.54 bits per heavy atom. The highest BCUT2D eigenvalue weighted by molar-refractivity contribution is 5.91. The summed E-state index contributed by atoms with van der Waals surface area (Å²) in [5.41, 5.74) is 3.38. The Hall–Kier alpha value is -2.66. The summed E-state index contributed by atoms with van der Waals surface area (Å²) in [4.78, 5) is 21.4. The summed E-state index contributed by atoms with van der Waals surface area (Å²) in [5, 5.41) is 2.98. The van der Waals surface area contributed by atoms with E-state index < -0.39 is 0 Å². The smallest absolute Gasteiger partial charge is 0.244 e. The van der Waals surface area contributed by atoms with Gasteiger partial charge in [-0.1, -0.05) is 44.2 Å². The maximum Gasteiger partial charge on any atom is 0.244 e. The summed E-state index contributed by atoms with van der Waals surface area (Å²) in [6.45, 7) is 8.80. The van der Waals surface area contributed by atoms with Crippen LogP contribution in [0.4, 0.5) is 5.82 Å². The van der Waals surface area contributed by atoms with Crippen molar-refractivity contribution in [1.82, 2.24) is 15.2 Å². The van der Waals surface area contributed by atoms with Gasteiger partial charge in [-0.05, 0) is 36.2 Å². The van der Waals surface area contributed by atoms with Gasteiger partial charge in [0, 0.05) is 50.6 Å². The molecule has 1 aliphatic rings. The number of aromatic nitrogens is 1. The fraction of sp³-hybridized carbons (Fsp3) is 0.391. The third kappa shape index (κ3) is 5.42. The topological polar surface area (TPSA) is 48.5 Å². The second-order valence-corrected chi connectivity index (χ2v) is 7.65. The fourth-order valence-electron chi connectivity index (χ4n) is 3.28. The van der Waals surface area contributed by atoms with Gasteiger partial charge in [-0.3, -0.25) is 4.79 Å². The SMILES string of the molecule is CC(C)c1ccc(/C=C/C(=O)NCc2cccnc2N2CCN(C)CC2)cc1. The molecule has 1 N–H and O–H groups in total. The largest absolute Gasteiger partial charge is 0.354 e. The number of nitrogens with zero attached hydrogens (tertiary/aromatic N) is 3. The average Bonchev–Trinajstić information content (AvgIpc) is 2.72. The summed E-state index contributed by atoms with van der Waals surface area (Å²) >= 11 is 0. The molecule has 0 radical (unpaired) electrons. The standard InChI is InChI=1S/C23H30N4O/c1-18(2)20-9-6-19(7-10-20)8-11-22(28)25-17-21-5-4-12-24-23(21)27-15-13-26(3)14-16-27/h4-12,18H,13-17H2,1-3H3,(H,25,28)/b11-8+. The van der Waals surface area contributed by atoms with Crippen LogP contribution in [0.15, 0.2) is 48.7 Å². The summed E-state index contributed by atoms with van der Waals surface area (Å²) in [7, 11) is 2.14. The zero-order valence-corrected chi connectivity index (χ0v) is 17.1. The van der Waals surface area contributed by atoms with Crippen molar-refractivity contribution in [3.05, 3.63) is 65.4 Å². The van der Waals surface area contributed by atoms with Gasteiger partial charge in [0.15, 0.2) is 0 Å². The highest BCUT2D eigenvalue weighted by atomic mass is 16.1. The Morgan fingerprint density at radius 1 is 1.14 bits per heavy atom. The number of benzene rings is 1. The minimum absolute atomic E-state index is 0.0962. The number of carbonyl (C=O) groups excluding carboxylic acids is 1. The Bertz CT molecular complexity index is 806. The Morgan fingerprint density at radius 2 is 1.86 bits per heavy atom. The molecule has 5 heteroatoms. The molecule has 1 aromatic carbocycles. The van der Waals surface area contributed by atoms with Crippen molar-refractivity contribution in [3.63, 3.8) is 0 Å². The van der Waals surface area contributed by atoms with E-state index in [1.807, 2.05) is 36.5 Å². The number of hydrogen-bond acceptors (Lipinski definition) is 4. The molecule has 0 bridgehead atoms. The molecule has 148 valence electrons. The number of piperazine rings is 1. The molecule has 2 aromatic rings. The van der Waals surface area contributed by atoms with Gasteiger partial charge < -0.3 is 15.1 Å². The van der Waals surface area contributed by atoms with Crippen LogP contribution in [-0.2, 0) is 11.3 Å². The third-order valence-electron chi connectivity index (χ3n) is 5.15. The quantitative estimate of drug-likeness (QED) is 0.784. The highest BCUT2D eigenvalue weighted by Crippen LogP contribution is 2.19. The maximum atomic E-state index is 12.3. The van der Waals surface area contributed by atoms with E-state index in [0.29, 0.717) is 12.5 Å².